The molecule has 1 amide bonds. The van der Waals surface area contributed by atoms with E-state index in [0.717, 1.165) is 0 Å². The van der Waals surface area contributed by atoms with E-state index in [4.69, 9.17) is 11.6 Å². The van der Waals surface area contributed by atoms with Gasteiger partial charge in [-0.2, -0.15) is 0 Å². The molecule has 1 aliphatic rings. The summed E-state index contributed by atoms with van der Waals surface area (Å²) in [6, 6.07) is 4.87. The van der Waals surface area contributed by atoms with Gasteiger partial charge in [-0.05, 0) is 18.2 Å². The van der Waals surface area contributed by atoms with Crippen molar-refractivity contribution in [2.75, 3.05) is 18.6 Å². The third kappa shape index (κ3) is 2.63. The first-order valence-electron chi connectivity index (χ1n) is 5.87. The predicted molar refractivity (Wildman–Crippen MR) is 73.4 cm³/mol. The first kappa shape index (κ1) is 13.6. The van der Waals surface area contributed by atoms with Crippen molar-refractivity contribution in [2.24, 2.45) is 5.92 Å². The van der Waals surface area contributed by atoms with Crippen LogP contribution in [0.3, 0.4) is 0 Å². The third-order valence-electron chi connectivity index (χ3n) is 3.16. The standard InChI is InChI=1S/C14H14ClNO3/c1-3-9-6-13(17)16(8-9)10-4-5-11(12(15)7-10)14(18)19-2/h3-5,7,9H,1,6,8H2,2H3. The Labute approximate surface area is 116 Å². The predicted octanol–water partition coefficient (Wildman–Crippen LogP) is 2.67. The Kier molecular flexibility index (Phi) is 3.90. The summed E-state index contributed by atoms with van der Waals surface area (Å²) in [5.41, 5.74) is 0.979. The number of halogens is 1. The normalized spacial score (nSPS) is 18.5. The van der Waals surface area contributed by atoms with Crippen LogP contribution in [0, 0.1) is 5.92 Å². The molecule has 1 aliphatic heterocycles. The van der Waals surface area contributed by atoms with Gasteiger partial charge in [0.15, 0.2) is 0 Å². The van der Waals surface area contributed by atoms with Crippen LogP contribution in [0.15, 0.2) is 30.9 Å². The molecule has 0 saturated carbocycles. The van der Waals surface area contributed by atoms with Crippen molar-refractivity contribution in [1.82, 2.24) is 0 Å². The summed E-state index contributed by atoms with van der Waals surface area (Å²) in [6.07, 6.45) is 2.24. The molecule has 0 bridgehead atoms. The van der Waals surface area contributed by atoms with Crippen LogP contribution in [-0.2, 0) is 9.53 Å². The fraction of sp³-hybridized carbons (Fsp3) is 0.286. The molecule has 0 spiro atoms. The third-order valence-corrected chi connectivity index (χ3v) is 3.47. The van der Waals surface area contributed by atoms with Gasteiger partial charge in [0.05, 0.1) is 17.7 Å². The summed E-state index contributed by atoms with van der Waals surface area (Å²) in [7, 11) is 1.30. The topological polar surface area (TPSA) is 46.6 Å². The SMILES string of the molecule is C=CC1CC(=O)N(c2ccc(C(=O)OC)c(Cl)c2)C1. The van der Waals surface area contributed by atoms with Gasteiger partial charge in [-0.3, -0.25) is 4.79 Å². The lowest BCUT2D eigenvalue weighted by atomic mass is 10.1. The number of amides is 1. The molecule has 100 valence electrons. The molecular formula is C14H14ClNO3. The van der Waals surface area contributed by atoms with E-state index in [9.17, 15) is 9.59 Å². The maximum Gasteiger partial charge on any atom is 0.339 e. The molecule has 1 aromatic rings. The number of methoxy groups -OCH3 is 1. The van der Waals surface area contributed by atoms with E-state index < -0.39 is 5.97 Å². The summed E-state index contributed by atoms with van der Waals surface area (Å²) in [4.78, 5) is 25.0. The number of anilines is 1. The van der Waals surface area contributed by atoms with Gasteiger partial charge in [0.2, 0.25) is 5.91 Å². The molecular weight excluding hydrogens is 266 g/mol. The highest BCUT2D eigenvalue weighted by atomic mass is 35.5. The fourth-order valence-corrected chi connectivity index (χ4v) is 2.34. The van der Waals surface area contributed by atoms with Crippen LogP contribution in [-0.4, -0.2) is 25.5 Å². The molecule has 1 atom stereocenters. The summed E-state index contributed by atoms with van der Waals surface area (Å²) in [5.74, 6) is -0.299. The zero-order valence-corrected chi connectivity index (χ0v) is 11.3. The molecule has 1 heterocycles. The Morgan fingerprint density at radius 2 is 2.32 bits per heavy atom. The van der Waals surface area contributed by atoms with E-state index in [1.807, 2.05) is 0 Å². The van der Waals surface area contributed by atoms with E-state index in [2.05, 4.69) is 11.3 Å². The number of hydrogen-bond acceptors (Lipinski definition) is 3. The Hall–Kier alpha value is -1.81. The molecule has 1 unspecified atom stereocenters. The highest BCUT2D eigenvalue weighted by molar-refractivity contribution is 6.34. The van der Waals surface area contributed by atoms with Gasteiger partial charge in [0.1, 0.15) is 0 Å². The molecule has 4 nitrogen and oxygen atoms in total. The highest BCUT2D eigenvalue weighted by Crippen LogP contribution is 2.29. The average molecular weight is 280 g/mol. The lowest BCUT2D eigenvalue weighted by Gasteiger charge is -2.17. The van der Waals surface area contributed by atoms with Gasteiger partial charge in [0.25, 0.3) is 0 Å². The number of carbonyl (C=O) groups excluding carboxylic acids is 2. The smallest absolute Gasteiger partial charge is 0.339 e. The Balaban J connectivity index is 2.28. The number of benzene rings is 1. The van der Waals surface area contributed by atoms with Crippen LogP contribution in [0.4, 0.5) is 5.69 Å². The minimum Gasteiger partial charge on any atom is -0.465 e. The molecule has 1 aromatic carbocycles. The minimum atomic E-state index is -0.492. The van der Waals surface area contributed by atoms with Gasteiger partial charge in [-0.15, -0.1) is 6.58 Å². The van der Waals surface area contributed by atoms with Gasteiger partial charge < -0.3 is 9.64 Å². The van der Waals surface area contributed by atoms with Crippen LogP contribution < -0.4 is 4.90 Å². The molecule has 0 aromatic heterocycles. The first-order chi connectivity index (χ1) is 9.06. The van der Waals surface area contributed by atoms with Crippen LogP contribution in [0.2, 0.25) is 5.02 Å². The lowest BCUT2D eigenvalue weighted by molar-refractivity contribution is -0.117. The number of carbonyl (C=O) groups is 2. The maximum absolute atomic E-state index is 11.9. The molecule has 0 N–H and O–H groups in total. The lowest BCUT2D eigenvalue weighted by Crippen LogP contribution is -2.24. The van der Waals surface area contributed by atoms with E-state index in [0.29, 0.717) is 24.2 Å². The Bertz CT molecular complexity index is 541. The first-order valence-corrected chi connectivity index (χ1v) is 6.25. The van der Waals surface area contributed by atoms with Gasteiger partial charge >= 0.3 is 5.97 Å². The van der Waals surface area contributed by atoms with Crippen molar-refractivity contribution in [1.29, 1.82) is 0 Å². The van der Waals surface area contributed by atoms with E-state index in [1.54, 1.807) is 29.2 Å². The van der Waals surface area contributed by atoms with Crippen molar-refractivity contribution in [3.63, 3.8) is 0 Å². The van der Waals surface area contributed by atoms with Crippen LogP contribution >= 0.6 is 11.6 Å². The molecule has 1 fully saturated rings. The number of esters is 1. The molecule has 2 rings (SSSR count). The van der Waals surface area contributed by atoms with Crippen LogP contribution in [0.25, 0.3) is 0 Å². The Morgan fingerprint density at radius 3 is 2.84 bits per heavy atom. The number of rotatable bonds is 3. The quantitative estimate of drug-likeness (QED) is 0.631. The highest BCUT2D eigenvalue weighted by Gasteiger charge is 2.29. The minimum absolute atomic E-state index is 0.0341. The van der Waals surface area contributed by atoms with E-state index >= 15 is 0 Å². The van der Waals surface area contributed by atoms with Gasteiger partial charge in [-0.25, -0.2) is 4.79 Å². The van der Waals surface area contributed by atoms with Crippen molar-refractivity contribution >= 4 is 29.2 Å². The van der Waals surface area contributed by atoms with E-state index in [1.165, 1.54) is 7.11 Å². The zero-order valence-electron chi connectivity index (χ0n) is 10.6. The molecule has 0 aliphatic carbocycles. The molecule has 1 saturated heterocycles. The second-order valence-electron chi connectivity index (χ2n) is 4.36. The summed E-state index contributed by atoms with van der Waals surface area (Å²) in [6.45, 7) is 4.30. The summed E-state index contributed by atoms with van der Waals surface area (Å²) in [5, 5.41) is 0.277. The van der Waals surface area contributed by atoms with Crippen molar-refractivity contribution in [3.8, 4) is 0 Å². The number of hydrogen-bond donors (Lipinski definition) is 0. The van der Waals surface area contributed by atoms with Crippen molar-refractivity contribution in [3.05, 3.63) is 41.4 Å². The second-order valence-corrected chi connectivity index (χ2v) is 4.77. The molecule has 5 heteroatoms. The molecule has 0 radical (unpaired) electrons. The van der Waals surface area contributed by atoms with Gasteiger partial charge in [-0.1, -0.05) is 17.7 Å². The maximum atomic E-state index is 11.9. The monoisotopic (exact) mass is 279 g/mol. The average Bonchev–Trinajstić information content (AvgIpc) is 2.79. The van der Waals surface area contributed by atoms with Crippen LogP contribution in [0.5, 0.6) is 0 Å². The summed E-state index contributed by atoms with van der Waals surface area (Å²) < 4.78 is 4.62. The van der Waals surface area contributed by atoms with Crippen molar-refractivity contribution in [2.45, 2.75) is 6.42 Å². The fourth-order valence-electron chi connectivity index (χ4n) is 2.09. The largest absolute Gasteiger partial charge is 0.465 e. The number of ether oxygens (including phenoxy) is 1. The van der Waals surface area contributed by atoms with Crippen molar-refractivity contribution < 1.29 is 14.3 Å². The van der Waals surface area contributed by atoms with Gasteiger partial charge in [0, 0.05) is 24.6 Å². The molecule has 19 heavy (non-hydrogen) atoms. The Morgan fingerprint density at radius 1 is 1.58 bits per heavy atom. The van der Waals surface area contributed by atoms with E-state index in [-0.39, 0.29) is 16.8 Å². The zero-order chi connectivity index (χ0) is 14.0. The van der Waals surface area contributed by atoms with Crippen LogP contribution in [0.1, 0.15) is 16.8 Å². The number of nitrogens with zero attached hydrogens (tertiary/aromatic N) is 1. The second kappa shape index (κ2) is 5.45. The summed E-state index contributed by atoms with van der Waals surface area (Å²) >= 11 is 6.04.